The quantitative estimate of drug-likeness (QED) is 0.577. The number of amides is 1. The van der Waals surface area contributed by atoms with E-state index in [0.717, 1.165) is 32.5 Å². The molecule has 1 aliphatic carbocycles. The lowest BCUT2D eigenvalue weighted by Gasteiger charge is -2.04. The highest BCUT2D eigenvalue weighted by Crippen LogP contribution is 2.31. The number of carbonyl (C=O) groups is 1. The van der Waals surface area contributed by atoms with Crippen molar-refractivity contribution in [2.45, 2.75) is 32.6 Å². The third-order valence-electron chi connectivity index (χ3n) is 2.27. The molecule has 1 fully saturated rings. The minimum Gasteiger partial charge on any atom is -0.356 e. The third-order valence-corrected chi connectivity index (χ3v) is 2.27. The van der Waals surface area contributed by atoms with Crippen molar-refractivity contribution < 1.29 is 4.79 Å². The SMILES string of the molecule is CCNCCCNC(=O)CC1CC1. The minimum absolute atomic E-state index is 0.235. The Morgan fingerprint density at radius 1 is 1.38 bits per heavy atom. The van der Waals surface area contributed by atoms with Crippen LogP contribution < -0.4 is 10.6 Å². The maximum atomic E-state index is 11.2. The smallest absolute Gasteiger partial charge is 0.220 e. The molecule has 2 N–H and O–H groups in total. The van der Waals surface area contributed by atoms with Crippen LogP contribution in [0.25, 0.3) is 0 Å². The van der Waals surface area contributed by atoms with Gasteiger partial charge in [-0.2, -0.15) is 0 Å². The monoisotopic (exact) mass is 184 g/mol. The van der Waals surface area contributed by atoms with Gasteiger partial charge in [0.15, 0.2) is 0 Å². The van der Waals surface area contributed by atoms with E-state index < -0.39 is 0 Å². The molecule has 0 radical (unpaired) electrons. The standard InChI is InChI=1S/C10H20N2O/c1-2-11-6-3-7-12-10(13)8-9-4-5-9/h9,11H,2-8H2,1H3,(H,12,13). The molecule has 0 unspecified atom stereocenters. The first-order valence-corrected chi connectivity index (χ1v) is 5.30. The molecule has 3 nitrogen and oxygen atoms in total. The summed E-state index contributed by atoms with van der Waals surface area (Å²) in [7, 11) is 0. The molecule has 0 aromatic heterocycles. The molecule has 0 aromatic rings. The van der Waals surface area contributed by atoms with E-state index in [1.807, 2.05) is 0 Å². The second kappa shape index (κ2) is 5.97. The molecule has 0 aliphatic heterocycles. The number of rotatable bonds is 7. The highest BCUT2D eigenvalue weighted by Gasteiger charge is 2.23. The summed E-state index contributed by atoms with van der Waals surface area (Å²) in [6.07, 6.45) is 4.29. The van der Waals surface area contributed by atoms with E-state index in [2.05, 4.69) is 17.6 Å². The summed E-state index contributed by atoms with van der Waals surface area (Å²) in [4.78, 5) is 11.2. The molecule has 0 aromatic carbocycles. The fourth-order valence-corrected chi connectivity index (χ4v) is 1.27. The third kappa shape index (κ3) is 5.64. The molecule has 3 heteroatoms. The molecule has 0 heterocycles. The van der Waals surface area contributed by atoms with E-state index >= 15 is 0 Å². The van der Waals surface area contributed by atoms with Gasteiger partial charge in [0.2, 0.25) is 5.91 Å². The van der Waals surface area contributed by atoms with Crippen molar-refractivity contribution in [3.05, 3.63) is 0 Å². The maximum absolute atomic E-state index is 11.2. The van der Waals surface area contributed by atoms with Crippen LogP contribution in [0.4, 0.5) is 0 Å². The maximum Gasteiger partial charge on any atom is 0.220 e. The van der Waals surface area contributed by atoms with Gasteiger partial charge in [-0.05, 0) is 38.3 Å². The Kier molecular flexibility index (Phi) is 4.83. The molecule has 1 saturated carbocycles. The topological polar surface area (TPSA) is 41.1 Å². The first-order chi connectivity index (χ1) is 6.33. The van der Waals surface area contributed by atoms with Crippen LogP contribution >= 0.6 is 0 Å². The van der Waals surface area contributed by atoms with Gasteiger partial charge in [-0.25, -0.2) is 0 Å². The summed E-state index contributed by atoms with van der Waals surface area (Å²) < 4.78 is 0. The van der Waals surface area contributed by atoms with E-state index in [-0.39, 0.29) is 5.91 Å². The number of hydrogen-bond acceptors (Lipinski definition) is 2. The van der Waals surface area contributed by atoms with Crippen LogP contribution in [0.1, 0.15) is 32.6 Å². The average molecular weight is 184 g/mol. The average Bonchev–Trinajstić information content (AvgIpc) is 2.88. The van der Waals surface area contributed by atoms with Crippen LogP contribution in [-0.4, -0.2) is 25.5 Å². The first kappa shape index (κ1) is 10.5. The highest BCUT2D eigenvalue weighted by molar-refractivity contribution is 5.76. The summed E-state index contributed by atoms with van der Waals surface area (Å²) in [6, 6.07) is 0. The molecule has 1 rings (SSSR count). The largest absolute Gasteiger partial charge is 0.356 e. The molecular formula is C10H20N2O. The summed E-state index contributed by atoms with van der Waals surface area (Å²) in [5, 5.41) is 6.16. The lowest BCUT2D eigenvalue weighted by atomic mass is 10.3. The van der Waals surface area contributed by atoms with Crippen molar-refractivity contribution in [1.82, 2.24) is 10.6 Å². The highest BCUT2D eigenvalue weighted by atomic mass is 16.1. The Hall–Kier alpha value is -0.570. The van der Waals surface area contributed by atoms with Gasteiger partial charge in [-0.15, -0.1) is 0 Å². The molecule has 1 amide bonds. The predicted octanol–water partition coefficient (Wildman–Crippen LogP) is 0.902. The van der Waals surface area contributed by atoms with E-state index in [0.29, 0.717) is 5.92 Å². The van der Waals surface area contributed by atoms with Crippen LogP contribution in [0.2, 0.25) is 0 Å². The first-order valence-electron chi connectivity index (χ1n) is 5.30. The zero-order valence-corrected chi connectivity index (χ0v) is 8.44. The van der Waals surface area contributed by atoms with Gasteiger partial charge in [0, 0.05) is 13.0 Å². The Balaban J connectivity index is 1.83. The van der Waals surface area contributed by atoms with Gasteiger partial charge in [0.25, 0.3) is 0 Å². The Bertz CT molecular complexity index is 155. The van der Waals surface area contributed by atoms with Crippen molar-refractivity contribution in [3.63, 3.8) is 0 Å². The van der Waals surface area contributed by atoms with Crippen LogP contribution in [0.5, 0.6) is 0 Å². The molecule has 76 valence electrons. The van der Waals surface area contributed by atoms with E-state index in [1.54, 1.807) is 0 Å². The Morgan fingerprint density at radius 2 is 2.15 bits per heavy atom. The van der Waals surface area contributed by atoms with Crippen molar-refractivity contribution in [3.8, 4) is 0 Å². The lowest BCUT2D eigenvalue weighted by molar-refractivity contribution is -0.121. The van der Waals surface area contributed by atoms with Crippen molar-refractivity contribution in [2.24, 2.45) is 5.92 Å². The molecule has 0 bridgehead atoms. The van der Waals surface area contributed by atoms with E-state index in [4.69, 9.17) is 0 Å². The van der Waals surface area contributed by atoms with Gasteiger partial charge in [0.05, 0.1) is 0 Å². The summed E-state index contributed by atoms with van der Waals surface area (Å²) in [5.74, 6) is 0.938. The van der Waals surface area contributed by atoms with Gasteiger partial charge in [-0.3, -0.25) is 4.79 Å². The van der Waals surface area contributed by atoms with Crippen LogP contribution in [0.15, 0.2) is 0 Å². The van der Waals surface area contributed by atoms with Gasteiger partial charge in [-0.1, -0.05) is 6.92 Å². The summed E-state index contributed by atoms with van der Waals surface area (Å²) >= 11 is 0. The molecule has 13 heavy (non-hydrogen) atoms. The fraction of sp³-hybridized carbons (Fsp3) is 0.900. The van der Waals surface area contributed by atoms with Gasteiger partial charge < -0.3 is 10.6 Å². The molecule has 0 atom stereocenters. The Labute approximate surface area is 80.3 Å². The van der Waals surface area contributed by atoms with Crippen LogP contribution in [0.3, 0.4) is 0 Å². The van der Waals surface area contributed by atoms with Crippen molar-refractivity contribution >= 4 is 5.91 Å². The molecule has 1 aliphatic rings. The van der Waals surface area contributed by atoms with Crippen molar-refractivity contribution in [1.29, 1.82) is 0 Å². The molecule has 0 saturated heterocycles. The molecule has 0 spiro atoms. The second-order valence-corrected chi connectivity index (χ2v) is 3.70. The minimum atomic E-state index is 0.235. The number of carbonyl (C=O) groups excluding carboxylic acids is 1. The predicted molar refractivity (Wildman–Crippen MR) is 53.5 cm³/mol. The Morgan fingerprint density at radius 3 is 2.77 bits per heavy atom. The zero-order valence-electron chi connectivity index (χ0n) is 8.44. The fourth-order valence-electron chi connectivity index (χ4n) is 1.27. The normalized spacial score (nSPS) is 15.8. The van der Waals surface area contributed by atoms with Crippen molar-refractivity contribution in [2.75, 3.05) is 19.6 Å². The number of hydrogen-bond donors (Lipinski definition) is 2. The summed E-state index contributed by atoms with van der Waals surface area (Å²) in [6.45, 7) is 4.92. The second-order valence-electron chi connectivity index (χ2n) is 3.70. The van der Waals surface area contributed by atoms with Crippen LogP contribution in [-0.2, 0) is 4.79 Å². The van der Waals surface area contributed by atoms with Gasteiger partial charge in [0.1, 0.15) is 0 Å². The number of nitrogens with one attached hydrogen (secondary N) is 2. The van der Waals surface area contributed by atoms with Gasteiger partial charge >= 0.3 is 0 Å². The zero-order chi connectivity index (χ0) is 9.52. The van der Waals surface area contributed by atoms with E-state index in [9.17, 15) is 4.79 Å². The van der Waals surface area contributed by atoms with Crippen LogP contribution in [0, 0.1) is 5.92 Å². The van der Waals surface area contributed by atoms with E-state index in [1.165, 1.54) is 12.8 Å². The summed E-state index contributed by atoms with van der Waals surface area (Å²) in [5.41, 5.74) is 0. The molecular weight excluding hydrogens is 164 g/mol. The lowest BCUT2D eigenvalue weighted by Crippen LogP contribution is -2.27.